The van der Waals surface area contributed by atoms with Gasteiger partial charge in [-0.15, -0.1) is 11.6 Å². The largest absolute Gasteiger partial charge is 0.281 e. The Balaban J connectivity index is 2.13. The number of nitro groups is 1. The summed E-state index contributed by atoms with van der Waals surface area (Å²) in [5.74, 6) is -0.181. The van der Waals surface area contributed by atoms with Gasteiger partial charge in [0.05, 0.1) is 21.9 Å². The highest BCUT2D eigenvalue weighted by molar-refractivity contribution is 6.21. The van der Waals surface area contributed by atoms with Gasteiger partial charge in [0.15, 0.2) is 0 Å². The molecular formula is C14H12ClFN2O2. The fourth-order valence-electron chi connectivity index (χ4n) is 2.42. The normalized spacial score (nSPS) is 16.3. The molecule has 1 aliphatic carbocycles. The third kappa shape index (κ3) is 2.33. The monoisotopic (exact) mass is 294 g/mol. The van der Waals surface area contributed by atoms with Crippen LogP contribution in [0.15, 0.2) is 24.4 Å². The maximum absolute atomic E-state index is 14.2. The Morgan fingerprint density at radius 1 is 1.55 bits per heavy atom. The zero-order chi connectivity index (χ0) is 14.3. The van der Waals surface area contributed by atoms with E-state index in [0.29, 0.717) is 28.8 Å². The summed E-state index contributed by atoms with van der Waals surface area (Å²) in [6.45, 7) is 0. The minimum absolute atomic E-state index is 0.142. The maximum atomic E-state index is 14.2. The number of nitro benzene ring substituents is 1. The second-order valence-corrected chi connectivity index (χ2v) is 5.63. The lowest BCUT2D eigenvalue weighted by Gasteiger charge is -2.11. The summed E-state index contributed by atoms with van der Waals surface area (Å²) in [6, 6.07) is 4.16. The number of halogens is 2. The van der Waals surface area contributed by atoms with E-state index in [1.807, 2.05) is 0 Å². The van der Waals surface area contributed by atoms with E-state index in [1.54, 1.807) is 12.1 Å². The predicted molar refractivity (Wildman–Crippen MR) is 74.4 cm³/mol. The molecular weight excluding hydrogens is 283 g/mol. The fourth-order valence-corrected chi connectivity index (χ4v) is 2.82. The molecule has 1 aromatic heterocycles. The molecule has 1 unspecified atom stereocenters. The van der Waals surface area contributed by atoms with E-state index in [-0.39, 0.29) is 11.1 Å². The summed E-state index contributed by atoms with van der Waals surface area (Å²) >= 11 is 6.26. The van der Waals surface area contributed by atoms with E-state index >= 15 is 0 Å². The molecule has 0 radical (unpaired) electrons. The molecule has 1 aliphatic rings. The van der Waals surface area contributed by atoms with Crippen LogP contribution in [-0.4, -0.2) is 15.3 Å². The number of fused-ring (bicyclic) bond motifs is 1. The molecule has 4 nitrogen and oxygen atoms in total. The summed E-state index contributed by atoms with van der Waals surface area (Å²) in [6.07, 6.45) is 3.99. The maximum Gasteiger partial charge on any atom is 0.281 e. The van der Waals surface area contributed by atoms with Crippen molar-refractivity contribution in [1.29, 1.82) is 0 Å². The summed E-state index contributed by atoms with van der Waals surface area (Å²) in [7, 11) is 0. The first-order chi connectivity index (χ1) is 9.58. The molecule has 1 heterocycles. The van der Waals surface area contributed by atoms with Crippen molar-refractivity contribution in [2.24, 2.45) is 5.92 Å². The molecule has 0 N–H and O–H groups in total. The van der Waals surface area contributed by atoms with Crippen molar-refractivity contribution >= 4 is 28.2 Å². The zero-order valence-electron chi connectivity index (χ0n) is 10.6. The first kappa shape index (κ1) is 13.2. The van der Waals surface area contributed by atoms with Crippen LogP contribution in [0.25, 0.3) is 10.9 Å². The van der Waals surface area contributed by atoms with Crippen molar-refractivity contribution < 1.29 is 9.31 Å². The Labute approximate surface area is 119 Å². The van der Waals surface area contributed by atoms with E-state index in [1.165, 1.54) is 6.20 Å². The van der Waals surface area contributed by atoms with Gasteiger partial charge in [0.25, 0.3) is 5.69 Å². The van der Waals surface area contributed by atoms with Gasteiger partial charge in [-0.1, -0.05) is 0 Å². The van der Waals surface area contributed by atoms with Gasteiger partial charge in [-0.25, -0.2) is 4.39 Å². The van der Waals surface area contributed by atoms with Crippen molar-refractivity contribution in [1.82, 2.24) is 4.98 Å². The number of non-ortho nitro benzene ring substituents is 1. The number of nitrogens with zero attached hydrogens (tertiary/aromatic N) is 2. The van der Waals surface area contributed by atoms with Gasteiger partial charge in [0, 0.05) is 17.1 Å². The third-order valence-electron chi connectivity index (χ3n) is 3.65. The molecule has 0 amide bonds. The van der Waals surface area contributed by atoms with Crippen molar-refractivity contribution in [2.75, 3.05) is 0 Å². The van der Waals surface area contributed by atoms with Gasteiger partial charge >= 0.3 is 0 Å². The van der Waals surface area contributed by atoms with Gasteiger partial charge in [-0.2, -0.15) is 0 Å². The van der Waals surface area contributed by atoms with Crippen LogP contribution in [0.1, 0.15) is 18.4 Å². The molecule has 1 fully saturated rings. The number of hydrogen-bond acceptors (Lipinski definition) is 3. The minimum atomic E-state index is -0.603. The second-order valence-electron chi connectivity index (χ2n) is 5.07. The second kappa shape index (κ2) is 4.98. The number of benzene rings is 1. The first-order valence-corrected chi connectivity index (χ1v) is 6.86. The fraction of sp³-hybridized carbons (Fsp3) is 0.357. The highest BCUT2D eigenvalue weighted by Gasteiger charge is 2.31. The SMILES string of the molecule is O=[N+]([O-])c1cc(F)c(CC(Cl)C2CC2)c2ncccc12. The highest BCUT2D eigenvalue weighted by Crippen LogP contribution is 2.39. The summed E-state index contributed by atoms with van der Waals surface area (Å²) in [5, 5.41) is 11.2. The van der Waals surface area contributed by atoms with E-state index in [0.717, 1.165) is 18.9 Å². The number of rotatable bonds is 4. The van der Waals surface area contributed by atoms with E-state index in [4.69, 9.17) is 11.6 Å². The molecule has 0 spiro atoms. The van der Waals surface area contributed by atoms with E-state index in [9.17, 15) is 14.5 Å². The Morgan fingerprint density at radius 2 is 2.30 bits per heavy atom. The van der Waals surface area contributed by atoms with Gasteiger partial charge in [-0.3, -0.25) is 15.1 Å². The zero-order valence-corrected chi connectivity index (χ0v) is 11.3. The van der Waals surface area contributed by atoms with Crippen LogP contribution in [0.2, 0.25) is 0 Å². The smallest absolute Gasteiger partial charge is 0.258 e. The number of pyridine rings is 1. The van der Waals surface area contributed by atoms with Gasteiger partial charge in [0.1, 0.15) is 5.82 Å². The molecule has 6 heteroatoms. The molecule has 3 rings (SSSR count). The lowest BCUT2D eigenvalue weighted by atomic mass is 10.0. The molecule has 1 aromatic carbocycles. The van der Waals surface area contributed by atoms with Gasteiger partial charge < -0.3 is 0 Å². The van der Waals surface area contributed by atoms with Crippen LogP contribution in [-0.2, 0) is 6.42 Å². The summed E-state index contributed by atoms with van der Waals surface area (Å²) in [4.78, 5) is 14.5. The molecule has 2 aromatic rings. The van der Waals surface area contributed by atoms with E-state index < -0.39 is 10.7 Å². The lowest BCUT2D eigenvalue weighted by molar-refractivity contribution is -0.383. The van der Waals surface area contributed by atoms with Gasteiger partial charge in [-0.05, 0) is 37.3 Å². The van der Waals surface area contributed by atoms with Crippen LogP contribution in [0.5, 0.6) is 0 Å². The average molecular weight is 295 g/mol. The minimum Gasteiger partial charge on any atom is -0.258 e. The van der Waals surface area contributed by atoms with E-state index in [2.05, 4.69) is 4.98 Å². The van der Waals surface area contributed by atoms with Crippen molar-refractivity contribution in [3.63, 3.8) is 0 Å². The molecule has 1 saturated carbocycles. The highest BCUT2D eigenvalue weighted by atomic mass is 35.5. The standard InChI is InChI=1S/C14H12ClFN2O2/c15-11(8-3-4-8)6-10-12(16)7-13(18(19)20)9-2-1-5-17-14(9)10/h1-2,5,7-8,11H,3-4,6H2. The Morgan fingerprint density at radius 3 is 2.95 bits per heavy atom. The topological polar surface area (TPSA) is 56.0 Å². The summed E-state index contributed by atoms with van der Waals surface area (Å²) < 4.78 is 14.2. The van der Waals surface area contributed by atoms with Crippen molar-refractivity contribution in [2.45, 2.75) is 24.6 Å². The molecule has 104 valence electrons. The number of hydrogen-bond donors (Lipinski definition) is 0. The van der Waals surface area contributed by atoms with Crippen molar-refractivity contribution in [3.05, 3.63) is 45.9 Å². The molecule has 0 saturated heterocycles. The van der Waals surface area contributed by atoms with Crippen LogP contribution in [0.3, 0.4) is 0 Å². The van der Waals surface area contributed by atoms with Crippen LogP contribution < -0.4 is 0 Å². The third-order valence-corrected chi connectivity index (χ3v) is 4.16. The summed E-state index contributed by atoms with van der Waals surface area (Å²) in [5.41, 5.74) is 0.454. The van der Waals surface area contributed by atoms with Gasteiger partial charge in [0.2, 0.25) is 0 Å². The predicted octanol–water partition coefficient (Wildman–Crippen LogP) is 3.84. The number of alkyl halides is 1. The molecule has 0 bridgehead atoms. The van der Waals surface area contributed by atoms with Crippen molar-refractivity contribution in [3.8, 4) is 0 Å². The van der Waals surface area contributed by atoms with Crippen LogP contribution in [0.4, 0.5) is 10.1 Å². The lowest BCUT2D eigenvalue weighted by Crippen LogP contribution is -2.09. The van der Waals surface area contributed by atoms with Crippen LogP contribution >= 0.6 is 11.6 Å². The average Bonchev–Trinajstić information content (AvgIpc) is 3.25. The quantitative estimate of drug-likeness (QED) is 0.489. The molecule has 1 atom stereocenters. The first-order valence-electron chi connectivity index (χ1n) is 6.42. The van der Waals surface area contributed by atoms with Crippen LogP contribution in [0, 0.1) is 21.8 Å². The Kier molecular flexibility index (Phi) is 3.30. The molecule has 0 aliphatic heterocycles. The Bertz CT molecular complexity index is 688. The Hall–Kier alpha value is -1.75. The molecule has 20 heavy (non-hydrogen) atoms. The number of aromatic nitrogens is 1.